The summed E-state index contributed by atoms with van der Waals surface area (Å²) in [5.74, 6) is -0.111. The van der Waals surface area contributed by atoms with E-state index in [1.807, 2.05) is 14.1 Å². The van der Waals surface area contributed by atoms with Crippen LogP contribution < -0.4 is 5.32 Å². The smallest absolute Gasteiger partial charge is 0.251 e. The average molecular weight is 345 g/mol. The van der Waals surface area contributed by atoms with Crippen molar-refractivity contribution in [3.63, 3.8) is 0 Å². The van der Waals surface area contributed by atoms with Gasteiger partial charge < -0.3 is 10.2 Å². The Kier molecular flexibility index (Phi) is 6.62. The van der Waals surface area contributed by atoms with Crippen LogP contribution in [0.25, 0.3) is 0 Å². The molecule has 0 aliphatic rings. The molecule has 1 aromatic carbocycles. The van der Waals surface area contributed by atoms with Crippen molar-refractivity contribution in [2.45, 2.75) is 26.3 Å². The minimum absolute atomic E-state index is 0.244. The van der Waals surface area contributed by atoms with Gasteiger partial charge in [0.05, 0.1) is 4.47 Å². The maximum absolute atomic E-state index is 13.4. The number of hydrogen-bond acceptors (Lipinski definition) is 2. The number of nitrogens with zero attached hydrogens (tertiary/aromatic N) is 1. The largest absolute Gasteiger partial charge is 0.350 e. The van der Waals surface area contributed by atoms with Gasteiger partial charge in [-0.25, -0.2) is 4.39 Å². The van der Waals surface area contributed by atoms with Gasteiger partial charge in [0.15, 0.2) is 0 Å². The fraction of sp³-hybridized carbons (Fsp3) is 0.533. The standard InChI is InChI=1S/C15H22BrFN2O/c1-10(2)7-12(19(3)4)9-18-15(20)11-5-6-13(16)14(17)8-11/h5-6,8,10,12H,7,9H2,1-4H3,(H,18,20). The summed E-state index contributed by atoms with van der Waals surface area (Å²) in [7, 11) is 4.00. The highest BCUT2D eigenvalue weighted by Gasteiger charge is 2.15. The molecule has 1 amide bonds. The van der Waals surface area contributed by atoms with E-state index in [0.29, 0.717) is 22.5 Å². The van der Waals surface area contributed by atoms with Gasteiger partial charge in [-0.2, -0.15) is 0 Å². The SMILES string of the molecule is CC(C)CC(CNC(=O)c1ccc(Br)c(F)c1)N(C)C. The Hall–Kier alpha value is -0.940. The lowest BCUT2D eigenvalue weighted by atomic mass is 10.0. The van der Waals surface area contributed by atoms with Gasteiger partial charge in [-0.3, -0.25) is 4.79 Å². The molecule has 0 aromatic heterocycles. The lowest BCUT2D eigenvalue weighted by molar-refractivity contribution is 0.0938. The highest BCUT2D eigenvalue weighted by atomic mass is 79.9. The number of hydrogen-bond donors (Lipinski definition) is 1. The predicted octanol–water partition coefficient (Wildman–Crippen LogP) is 3.29. The van der Waals surface area contributed by atoms with Crippen LogP contribution in [0.15, 0.2) is 22.7 Å². The quantitative estimate of drug-likeness (QED) is 0.858. The van der Waals surface area contributed by atoms with Gasteiger partial charge in [-0.1, -0.05) is 13.8 Å². The Labute approximate surface area is 128 Å². The molecular weight excluding hydrogens is 323 g/mol. The first kappa shape index (κ1) is 17.1. The van der Waals surface area contributed by atoms with Crippen molar-refractivity contribution in [3.05, 3.63) is 34.1 Å². The molecule has 20 heavy (non-hydrogen) atoms. The number of likely N-dealkylation sites (N-methyl/N-ethyl adjacent to an activating group) is 1. The van der Waals surface area contributed by atoms with E-state index >= 15 is 0 Å². The molecule has 0 spiro atoms. The Balaban J connectivity index is 2.63. The van der Waals surface area contributed by atoms with Gasteiger partial charge in [0.1, 0.15) is 5.82 Å². The lowest BCUT2D eigenvalue weighted by Crippen LogP contribution is -2.41. The zero-order valence-corrected chi connectivity index (χ0v) is 14.0. The van der Waals surface area contributed by atoms with Gasteiger partial charge in [0, 0.05) is 18.2 Å². The molecule has 0 heterocycles. The monoisotopic (exact) mass is 344 g/mol. The molecule has 0 radical (unpaired) electrons. The van der Waals surface area contributed by atoms with E-state index < -0.39 is 5.82 Å². The Morgan fingerprint density at radius 2 is 2.05 bits per heavy atom. The summed E-state index contributed by atoms with van der Waals surface area (Å²) in [4.78, 5) is 14.1. The van der Waals surface area contributed by atoms with Gasteiger partial charge in [0.25, 0.3) is 5.91 Å². The first-order valence-electron chi connectivity index (χ1n) is 6.71. The van der Waals surface area contributed by atoms with Crippen molar-refractivity contribution in [2.75, 3.05) is 20.6 Å². The van der Waals surface area contributed by atoms with E-state index in [4.69, 9.17) is 0 Å². The van der Waals surface area contributed by atoms with Crippen LogP contribution in [0.3, 0.4) is 0 Å². The Bertz CT molecular complexity index is 463. The molecule has 0 aliphatic heterocycles. The minimum Gasteiger partial charge on any atom is -0.350 e. The van der Waals surface area contributed by atoms with Gasteiger partial charge in [-0.05, 0) is 60.6 Å². The van der Waals surface area contributed by atoms with Crippen LogP contribution in [0, 0.1) is 11.7 Å². The summed E-state index contributed by atoms with van der Waals surface area (Å²) in [5.41, 5.74) is 0.341. The minimum atomic E-state index is -0.427. The van der Waals surface area contributed by atoms with E-state index in [2.05, 4.69) is 40.0 Å². The number of nitrogens with one attached hydrogen (secondary N) is 1. The first-order valence-corrected chi connectivity index (χ1v) is 7.50. The van der Waals surface area contributed by atoms with E-state index in [9.17, 15) is 9.18 Å². The number of benzene rings is 1. The molecule has 5 heteroatoms. The second kappa shape index (κ2) is 7.74. The van der Waals surface area contributed by atoms with Gasteiger partial charge in [0.2, 0.25) is 0 Å². The molecule has 0 fully saturated rings. The number of carbonyl (C=O) groups excluding carboxylic acids is 1. The summed E-state index contributed by atoms with van der Waals surface area (Å²) in [6.07, 6.45) is 1.00. The second-order valence-corrected chi connectivity index (χ2v) is 6.44. The van der Waals surface area contributed by atoms with Crippen LogP contribution in [0.1, 0.15) is 30.6 Å². The van der Waals surface area contributed by atoms with Crippen molar-refractivity contribution < 1.29 is 9.18 Å². The fourth-order valence-electron chi connectivity index (χ4n) is 1.97. The molecule has 0 saturated heterocycles. The normalized spacial score (nSPS) is 12.8. The molecule has 1 N–H and O–H groups in total. The van der Waals surface area contributed by atoms with Crippen LogP contribution in [-0.4, -0.2) is 37.5 Å². The van der Waals surface area contributed by atoms with Crippen molar-refractivity contribution in [1.82, 2.24) is 10.2 Å². The van der Waals surface area contributed by atoms with E-state index in [0.717, 1.165) is 6.42 Å². The molecule has 1 aromatic rings. The fourth-order valence-corrected chi connectivity index (χ4v) is 2.22. The molecule has 0 bridgehead atoms. The van der Waals surface area contributed by atoms with Crippen LogP contribution in [-0.2, 0) is 0 Å². The van der Waals surface area contributed by atoms with E-state index in [-0.39, 0.29) is 11.9 Å². The van der Waals surface area contributed by atoms with Crippen LogP contribution in [0.2, 0.25) is 0 Å². The van der Waals surface area contributed by atoms with Crippen molar-refractivity contribution >= 4 is 21.8 Å². The Morgan fingerprint density at radius 1 is 1.40 bits per heavy atom. The summed E-state index contributed by atoms with van der Waals surface area (Å²) in [5, 5.41) is 2.87. The summed E-state index contributed by atoms with van der Waals surface area (Å²) in [6.45, 7) is 4.87. The first-order chi connectivity index (χ1) is 9.31. The van der Waals surface area contributed by atoms with Gasteiger partial charge in [-0.15, -0.1) is 0 Å². The summed E-state index contributed by atoms with van der Waals surface area (Å²) < 4.78 is 13.8. The van der Waals surface area contributed by atoms with Crippen molar-refractivity contribution in [3.8, 4) is 0 Å². The summed E-state index contributed by atoms with van der Waals surface area (Å²) in [6, 6.07) is 4.67. The molecule has 1 unspecified atom stereocenters. The molecule has 3 nitrogen and oxygen atoms in total. The van der Waals surface area contributed by atoms with Crippen LogP contribution >= 0.6 is 15.9 Å². The average Bonchev–Trinajstić information content (AvgIpc) is 2.36. The number of rotatable bonds is 6. The van der Waals surface area contributed by atoms with Crippen LogP contribution in [0.4, 0.5) is 4.39 Å². The van der Waals surface area contributed by atoms with E-state index in [1.165, 1.54) is 6.07 Å². The Morgan fingerprint density at radius 3 is 2.55 bits per heavy atom. The third-order valence-corrected chi connectivity index (χ3v) is 3.80. The number of carbonyl (C=O) groups is 1. The number of amides is 1. The highest BCUT2D eigenvalue weighted by Crippen LogP contribution is 2.16. The molecule has 0 aliphatic carbocycles. The van der Waals surface area contributed by atoms with Gasteiger partial charge >= 0.3 is 0 Å². The predicted molar refractivity (Wildman–Crippen MR) is 83.4 cm³/mol. The van der Waals surface area contributed by atoms with Crippen molar-refractivity contribution in [2.24, 2.45) is 5.92 Å². The number of halogens is 2. The third kappa shape index (κ3) is 5.21. The highest BCUT2D eigenvalue weighted by molar-refractivity contribution is 9.10. The third-order valence-electron chi connectivity index (χ3n) is 3.15. The second-order valence-electron chi connectivity index (χ2n) is 5.59. The molecular formula is C15H22BrFN2O. The molecule has 1 atom stereocenters. The zero-order valence-electron chi connectivity index (χ0n) is 12.4. The van der Waals surface area contributed by atoms with Crippen LogP contribution in [0.5, 0.6) is 0 Å². The maximum Gasteiger partial charge on any atom is 0.251 e. The molecule has 112 valence electrons. The van der Waals surface area contributed by atoms with E-state index in [1.54, 1.807) is 12.1 Å². The molecule has 1 rings (SSSR count). The lowest BCUT2D eigenvalue weighted by Gasteiger charge is -2.26. The zero-order chi connectivity index (χ0) is 15.3. The topological polar surface area (TPSA) is 32.3 Å². The van der Waals surface area contributed by atoms with Crippen molar-refractivity contribution in [1.29, 1.82) is 0 Å². The maximum atomic E-state index is 13.4. The summed E-state index contributed by atoms with van der Waals surface area (Å²) >= 11 is 3.07. The molecule has 0 saturated carbocycles.